The smallest absolute Gasteiger partial charge is 0.350 e. The minimum absolute atomic E-state index is 0.158. The molecule has 11 heteroatoms. The van der Waals surface area contributed by atoms with Crippen molar-refractivity contribution in [3.63, 3.8) is 0 Å². The fraction of sp³-hybridized carbons (Fsp3) is 0.533. The third-order valence-corrected chi connectivity index (χ3v) is 5.10. The largest absolute Gasteiger partial charge is 0.461 e. The Morgan fingerprint density at radius 3 is 2.65 bits per heavy atom. The number of nitrogen functional groups attached to an aromatic ring is 1. The molecule has 2 aromatic heterocycles. The highest BCUT2D eigenvalue weighted by molar-refractivity contribution is 7.98. The normalized spacial score (nSPS) is 12.2. The summed E-state index contributed by atoms with van der Waals surface area (Å²) in [6.07, 6.45) is 1.82. The number of hydrogen-bond acceptors (Lipinski definition) is 9. The number of thiazole rings is 1. The molecule has 0 bridgehead atoms. The number of hydrogen-bond donors (Lipinski definition) is 2. The fourth-order valence-corrected chi connectivity index (χ4v) is 3.50. The topological polar surface area (TPSA) is 125 Å². The van der Waals surface area contributed by atoms with E-state index in [9.17, 15) is 9.59 Å². The number of nitrogens with two attached hydrogens (primary N) is 1. The van der Waals surface area contributed by atoms with Crippen LogP contribution >= 0.6 is 23.1 Å². The lowest BCUT2D eigenvalue weighted by Crippen LogP contribution is -2.25. The number of anilines is 2. The molecule has 0 radical (unpaired) electrons. The van der Waals surface area contributed by atoms with Gasteiger partial charge in [0.2, 0.25) is 11.9 Å². The molecule has 2 heterocycles. The van der Waals surface area contributed by atoms with Crippen molar-refractivity contribution in [3.05, 3.63) is 10.6 Å². The van der Waals surface area contributed by atoms with Crippen LogP contribution in [0.25, 0.3) is 0 Å². The number of ether oxygens (including phenoxy) is 1. The van der Waals surface area contributed by atoms with Crippen LogP contribution in [0.2, 0.25) is 0 Å². The predicted octanol–water partition coefficient (Wildman–Crippen LogP) is 2.36. The minimum Gasteiger partial charge on any atom is -0.461 e. The van der Waals surface area contributed by atoms with Crippen LogP contribution in [0.1, 0.15) is 42.2 Å². The second-order valence-electron chi connectivity index (χ2n) is 6.01. The third-order valence-electron chi connectivity index (χ3n) is 3.40. The van der Waals surface area contributed by atoms with Crippen molar-refractivity contribution in [1.29, 1.82) is 0 Å². The maximum absolute atomic E-state index is 12.5. The van der Waals surface area contributed by atoms with E-state index in [1.54, 1.807) is 13.8 Å². The molecule has 9 nitrogen and oxygen atoms in total. The maximum Gasteiger partial charge on any atom is 0.350 e. The van der Waals surface area contributed by atoms with Gasteiger partial charge >= 0.3 is 5.97 Å². The van der Waals surface area contributed by atoms with E-state index in [2.05, 4.69) is 20.5 Å². The number of carbonyl (C=O) groups is 2. The second kappa shape index (κ2) is 8.49. The number of aryl methyl sites for hydroxylation is 1. The molecular formula is C15H22N6O3S2. The first-order chi connectivity index (χ1) is 12.2. The highest BCUT2D eigenvalue weighted by Gasteiger charge is 2.24. The van der Waals surface area contributed by atoms with Crippen molar-refractivity contribution in [1.82, 2.24) is 19.7 Å². The number of nitrogens with zero attached hydrogens (tertiary/aromatic N) is 4. The number of nitrogens with one attached hydrogen (secondary N) is 1. The van der Waals surface area contributed by atoms with Gasteiger partial charge in [-0.1, -0.05) is 36.9 Å². The average Bonchev–Trinajstić information content (AvgIpc) is 3.14. The molecule has 3 N–H and O–H groups in total. The summed E-state index contributed by atoms with van der Waals surface area (Å²) in [7, 11) is 0. The highest BCUT2D eigenvalue weighted by atomic mass is 32.2. The number of esters is 1. The van der Waals surface area contributed by atoms with Crippen LogP contribution in [0.15, 0.2) is 5.16 Å². The monoisotopic (exact) mass is 398 g/mol. The number of rotatable bonds is 7. The van der Waals surface area contributed by atoms with E-state index in [-0.39, 0.29) is 17.8 Å². The van der Waals surface area contributed by atoms with E-state index in [4.69, 9.17) is 10.5 Å². The molecule has 0 fully saturated rings. The zero-order valence-electron chi connectivity index (χ0n) is 15.3. The minimum atomic E-state index is -0.631. The summed E-state index contributed by atoms with van der Waals surface area (Å²) < 4.78 is 6.76. The van der Waals surface area contributed by atoms with Crippen LogP contribution in [0.4, 0.5) is 11.1 Å². The zero-order chi connectivity index (χ0) is 19.4. The summed E-state index contributed by atoms with van der Waals surface area (Å²) in [6, 6.07) is -0.631. The van der Waals surface area contributed by atoms with Gasteiger partial charge in [0.15, 0.2) is 10.3 Å². The van der Waals surface area contributed by atoms with Crippen LogP contribution in [0, 0.1) is 12.8 Å². The van der Waals surface area contributed by atoms with Gasteiger partial charge in [0.25, 0.3) is 0 Å². The lowest BCUT2D eigenvalue weighted by atomic mass is 10.2. The van der Waals surface area contributed by atoms with E-state index in [0.717, 1.165) is 11.3 Å². The molecule has 2 aromatic rings. The molecule has 0 spiro atoms. The standard InChI is InChI=1S/C15H22N6O3S2/c1-7(2)6-24-12(23)10-8(3)17-14(26-10)18-11(22)9(4)21-13(16)19-20-15(21)25-5/h7,9H,6H2,1-5H3,(H2,16,19)(H,17,18,22). The maximum atomic E-state index is 12.5. The van der Waals surface area contributed by atoms with Crippen molar-refractivity contribution in [3.8, 4) is 0 Å². The first-order valence-electron chi connectivity index (χ1n) is 7.94. The molecule has 0 saturated carbocycles. The van der Waals surface area contributed by atoms with Crippen molar-refractivity contribution in [2.45, 2.75) is 38.9 Å². The summed E-state index contributed by atoms with van der Waals surface area (Å²) in [4.78, 5) is 29.3. The van der Waals surface area contributed by atoms with E-state index >= 15 is 0 Å². The lowest BCUT2D eigenvalue weighted by molar-refractivity contribution is -0.118. The fourth-order valence-electron chi connectivity index (χ4n) is 2.07. The van der Waals surface area contributed by atoms with Crippen LogP contribution in [0.3, 0.4) is 0 Å². The van der Waals surface area contributed by atoms with Crippen LogP contribution in [-0.2, 0) is 9.53 Å². The van der Waals surface area contributed by atoms with E-state index in [1.807, 2.05) is 20.1 Å². The summed E-state index contributed by atoms with van der Waals surface area (Å²) in [6.45, 7) is 7.64. The van der Waals surface area contributed by atoms with Gasteiger partial charge in [-0.25, -0.2) is 9.78 Å². The quantitative estimate of drug-likeness (QED) is 0.538. The molecular weight excluding hydrogens is 376 g/mol. The van der Waals surface area contributed by atoms with Gasteiger partial charge in [-0.05, 0) is 26.0 Å². The molecule has 1 atom stereocenters. The Bertz CT molecular complexity index is 801. The molecule has 1 amide bonds. The van der Waals surface area contributed by atoms with Gasteiger partial charge in [-0.2, -0.15) is 0 Å². The Kier molecular flexibility index (Phi) is 6.59. The van der Waals surface area contributed by atoms with Gasteiger partial charge < -0.3 is 15.8 Å². The first-order valence-corrected chi connectivity index (χ1v) is 9.98. The van der Waals surface area contributed by atoms with Crippen molar-refractivity contribution < 1.29 is 14.3 Å². The lowest BCUT2D eigenvalue weighted by Gasteiger charge is -2.14. The van der Waals surface area contributed by atoms with E-state index in [0.29, 0.717) is 27.5 Å². The summed E-state index contributed by atoms with van der Waals surface area (Å²) in [5.74, 6) is -0.366. The molecule has 1 unspecified atom stereocenters. The molecule has 142 valence electrons. The number of amides is 1. The summed E-state index contributed by atoms with van der Waals surface area (Å²) >= 11 is 2.42. The van der Waals surface area contributed by atoms with Gasteiger partial charge in [0.1, 0.15) is 10.9 Å². The molecule has 0 aliphatic rings. The Morgan fingerprint density at radius 1 is 1.35 bits per heavy atom. The summed E-state index contributed by atoms with van der Waals surface area (Å²) in [5, 5.41) is 11.3. The highest BCUT2D eigenvalue weighted by Crippen LogP contribution is 2.26. The first kappa shape index (κ1) is 20.2. The van der Waals surface area contributed by atoms with Gasteiger partial charge in [0.05, 0.1) is 12.3 Å². The van der Waals surface area contributed by atoms with Gasteiger partial charge in [0, 0.05) is 0 Å². The summed E-state index contributed by atoms with van der Waals surface area (Å²) in [5.41, 5.74) is 6.31. The third kappa shape index (κ3) is 4.52. The predicted molar refractivity (Wildman–Crippen MR) is 102 cm³/mol. The number of aromatic nitrogens is 4. The Labute approximate surface area is 159 Å². The molecule has 0 aliphatic carbocycles. The Balaban J connectivity index is 2.11. The molecule has 0 aromatic carbocycles. The van der Waals surface area contributed by atoms with Crippen molar-refractivity contribution >= 4 is 46.1 Å². The van der Waals surface area contributed by atoms with Crippen LogP contribution < -0.4 is 11.1 Å². The van der Waals surface area contributed by atoms with Gasteiger partial charge in [-0.3, -0.25) is 9.36 Å². The molecule has 26 heavy (non-hydrogen) atoms. The van der Waals surface area contributed by atoms with Crippen LogP contribution in [0.5, 0.6) is 0 Å². The van der Waals surface area contributed by atoms with Gasteiger partial charge in [-0.15, -0.1) is 10.2 Å². The van der Waals surface area contributed by atoms with E-state index in [1.165, 1.54) is 16.3 Å². The van der Waals surface area contributed by atoms with Crippen molar-refractivity contribution in [2.75, 3.05) is 23.9 Å². The zero-order valence-corrected chi connectivity index (χ0v) is 16.9. The van der Waals surface area contributed by atoms with E-state index < -0.39 is 12.0 Å². The average molecular weight is 399 g/mol. The number of thioether (sulfide) groups is 1. The van der Waals surface area contributed by atoms with Crippen LogP contribution in [-0.4, -0.2) is 44.5 Å². The molecule has 0 saturated heterocycles. The molecule has 0 aliphatic heterocycles. The second-order valence-corrected chi connectivity index (χ2v) is 7.78. The Morgan fingerprint density at radius 2 is 2.04 bits per heavy atom. The Hall–Kier alpha value is -2.14. The molecule has 2 rings (SSSR count). The number of carbonyl (C=O) groups excluding carboxylic acids is 2. The van der Waals surface area contributed by atoms with Crippen molar-refractivity contribution in [2.24, 2.45) is 5.92 Å². The SMILES string of the molecule is CSc1nnc(N)n1C(C)C(=O)Nc1nc(C)c(C(=O)OCC(C)C)s1.